The van der Waals surface area contributed by atoms with Gasteiger partial charge < -0.3 is 5.32 Å². The molecule has 2 heterocycles. The Balaban J connectivity index is 1.56. The van der Waals surface area contributed by atoms with Crippen molar-refractivity contribution in [2.24, 2.45) is 0 Å². The molecule has 1 N–H and O–H groups in total. The monoisotopic (exact) mass is 464 g/mol. The maximum absolute atomic E-state index is 13.0. The fourth-order valence-corrected chi connectivity index (χ4v) is 5.00. The Bertz CT molecular complexity index is 1300. The van der Waals surface area contributed by atoms with Crippen molar-refractivity contribution in [1.29, 1.82) is 0 Å². The van der Waals surface area contributed by atoms with Gasteiger partial charge in [-0.1, -0.05) is 68.1 Å². The van der Waals surface area contributed by atoms with E-state index in [1.807, 2.05) is 61.5 Å². The highest BCUT2D eigenvalue weighted by atomic mass is 32.2. The largest absolute Gasteiger partial charge is 0.325 e. The maximum Gasteiger partial charge on any atom is 0.273 e. The molecule has 0 aliphatic carbocycles. The van der Waals surface area contributed by atoms with E-state index < -0.39 is 0 Å². The molecule has 0 spiro atoms. The van der Waals surface area contributed by atoms with E-state index in [0.717, 1.165) is 11.3 Å². The Morgan fingerprint density at radius 3 is 2.50 bits per heavy atom. The molecule has 0 saturated carbocycles. The predicted octanol–water partition coefficient (Wildman–Crippen LogP) is 5.39. The number of amides is 1. The van der Waals surface area contributed by atoms with E-state index in [1.165, 1.54) is 28.9 Å². The Morgan fingerprint density at radius 2 is 1.84 bits per heavy atom. The average molecular weight is 465 g/mol. The van der Waals surface area contributed by atoms with Gasteiger partial charge in [0.15, 0.2) is 5.16 Å². The molecular formula is C24H24N4O2S2. The molecule has 32 heavy (non-hydrogen) atoms. The number of nitrogens with zero attached hydrogens (tertiary/aromatic N) is 3. The van der Waals surface area contributed by atoms with Gasteiger partial charge in [0.25, 0.3) is 5.56 Å². The van der Waals surface area contributed by atoms with Crippen molar-refractivity contribution in [2.75, 3.05) is 11.1 Å². The summed E-state index contributed by atoms with van der Waals surface area (Å²) in [5.41, 5.74) is 4.05. The molecule has 8 heteroatoms. The molecule has 2 aromatic heterocycles. The first-order valence-corrected chi connectivity index (χ1v) is 12.2. The second-order valence-corrected chi connectivity index (χ2v) is 9.35. The van der Waals surface area contributed by atoms with Crippen molar-refractivity contribution in [3.63, 3.8) is 0 Å². The number of rotatable bonds is 7. The average Bonchev–Trinajstić information content (AvgIpc) is 3.23. The minimum atomic E-state index is -0.143. The second-order valence-electron chi connectivity index (χ2n) is 7.63. The molecule has 0 bridgehead atoms. The van der Waals surface area contributed by atoms with Crippen LogP contribution in [0.3, 0.4) is 0 Å². The summed E-state index contributed by atoms with van der Waals surface area (Å²) in [5.74, 6) is 0.452. The van der Waals surface area contributed by atoms with Gasteiger partial charge in [-0.25, -0.2) is 4.98 Å². The summed E-state index contributed by atoms with van der Waals surface area (Å²) in [4.78, 5) is 30.3. The van der Waals surface area contributed by atoms with Crippen LogP contribution in [0.15, 0.2) is 64.5 Å². The van der Waals surface area contributed by atoms with Gasteiger partial charge in [0, 0.05) is 17.8 Å². The van der Waals surface area contributed by atoms with Gasteiger partial charge >= 0.3 is 0 Å². The molecule has 0 unspecified atom stereocenters. The van der Waals surface area contributed by atoms with Crippen molar-refractivity contribution >= 4 is 45.1 Å². The van der Waals surface area contributed by atoms with Crippen molar-refractivity contribution in [3.8, 4) is 11.3 Å². The van der Waals surface area contributed by atoms with E-state index in [2.05, 4.69) is 23.5 Å². The zero-order valence-electron chi connectivity index (χ0n) is 18.2. The zero-order chi connectivity index (χ0) is 22.7. The molecule has 2 aromatic carbocycles. The van der Waals surface area contributed by atoms with Crippen LogP contribution in [-0.2, 0) is 11.3 Å². The highest BCUT2D eigenvalue weighted by Crippen LogP contribution is 2.29. The lowest BCUT2D eigenvalue weighted by molar-refractivity contribution is -0.113. The number of carbonyl (C=O) groups excluding carboxylic acids is 1. The van der Waals surface area contributed by atoms with Gasteiger partial charge in [-0.05, 0) is 42.1 Å². The van der Waals surface area contributed by atoms with Gasteiger partial charge in [-0.3, -0.25) is 14.2 Å². The van der Waals surface area contributed by atoms with Crippen LogP contribution in [0.25, 0.3) is 21.5 Å². The lowest BCUT2D eigenvalue weighted by Gasteiger charge is -2.11. The van der Waals surface area contributed by atoms with Crippen LogP contribution in [-0.4, -0.2) is 25.6 Å². The Morgan fingerprint density at radius 1 is 1.12 bits per heavy atom. The highest BCUT2D eigenvalue weighted by molar-refractivity contribution is 7.99. The number of anilines is 1. The van der Waals surface area contributed by atoms with Crippen LogP contribution in [0.4, 0.5) is 5.69 Å². The molecule has 164 valence electrons. The first-order valence-electron chi connectivity index (χ1n) is 10.5. The van der Waals surface area contributed by atoms with E-state index in [9.17, 15) is 9.59 Å². The fraction of sp³-hybridized carbons (Fsp3) is 0.250. The number of carbonyl (C=O) groups is 1. The maximum atomic E-state index is 13.0. The van der Waals surface area contributed by atoms with Crippen molar-refractivity contribution in [3.05, 3.63) is 70.5 Å². The van der Waals surface area contributed by atoms with E-state index in [0.29, 0.717) is 33.5 Å². The van der Waals surface area contributed by atoms with Gasteiger partial charge in [0.05, 0.1) is 5.75 Å². The molecule has 0 saturated heterocycles. The number of hydrogen-bond acceptors (Lipinski definition) is 6. The first-order chi connectivity index (χ1) is 15.5. The van der Waals surface area contributed by atoms with E-state index in [1.54, 1.807) is 4.57 Å². The number of benzene rings is 2. The lowest BCUT2D eigenvalue weighted by atomic mass is 10.0. The van der Waals surface area contributed by atoms with Gasteiger partial charge in [0.2, 0.25) is 5.91 Å². The Hall–Kier alpha value is -2.97. The topological polar surface area (TPSA) is 76.9 Å². The Labute approximate surface area is 194 Å². The number of aromatic nitrogens is 3. The molecule has 6 nitrogen and oxygen atoms in total. The SMILES string of the molecule is CCn1c(SCC(=O)Nc2ccc(C(C)C)cc2)nc2c(-c3ccccc3)nsc2c1=O. The summed E-state index contributed by atoms with van der Waals surface area (Å²) in [7, 11) is 0. The molecule has 0 atom stereocenters. The summed E-state index contributed by atoms with van der Waals surface area (Å²) >= 11 is 2.43. The van der Waals surface area contributed by atoms with Crippen LogP contribution < -0.4 is 10.9 Å². The molecule has 4 aromatic rings. The van der Waals surface area contributed by atoms with Crippen molar-refractivity contribution < 1.29 is 4.79 Å². The summed E-state index contributed by atoms with van der Waals surface area (Å²) in [6, 6.07) is 17.6. The van der Waals surface area contributed by atoms with Crippen molar-refractivity contribution in [1.82, 2.24) is 13.9 Å². The molecule has 4 rings (SSSR count). The molecular weight excluding hydrogens is 440 g/mol. The number of thioether (sulfide) groups is 1. The number of hydrogen-bond donors (Lipinski definition) is 1. The van der Waals surface area contributed by atoms with Crippen LogP contribution >= 0.6 is 23.3 Å². The Kier molecular flexibility index (Phi) is 6.72. The van der Waals surface area contributed by atoms with Crippen molar-refractivity contribution in [2.45, 2.75) is 38.4 Å². The van der Waals surface area contributed by atoms with Crippen LogP contribution in [0.5, 0.6) is 0 Å². The highest BCUT2D eigenvalue weighted by Gasteiger charge is 2.18. The summed E-state index contributed by atoms with van der Waals surface area (Å²) in [6.45, 7) is 6.64. The van der Waals surface area contributed by atoms with Gasteiger partial charge in [0.1, 0.15) is 15.9 Å². The third kappa shape index (κ3) is 4.61. The number of fused-ring (bicyclic) bond motifs is 1. The molecule has 0 aliphatic rings. The smallest absolute Gasteiger partial charge is 0.273 e. The van der Waals surface area contributed by atoms with Crippen LogP contribution in [0, 0.1) is 0 Å². The first kappa shape index (κ1) is 22.2. The fourth-order valence-electron chi connectivity index (χ4n) is 3.35. The van der Waals surface area contributed by atoms with Crippen LogP contribution in [0.1, 0.15) is 32.3 Å². The van der Waals surface area contributed by atoms with Crippen LogP contribution in [0.2, 0.25) is 0 Å². The predicted molar refractivity (Wildman–Crippen MR) is 133 cm³/mol. The molecule has 1 amide bonds. The normalized spacial score (nSPS) is 11.2. The van der Waals surface area contributed by atoms with Gasteiger partial charge in [-0.2, -0.15) is 4.37 Å². The zero-order valence-corrected chi connectivity index (χ0v) is 19.8. The lowest BCUT2D eigenvalue weighted by Crippen LogP contribution is -2.22. The molecule has 0 fully saturated rings. The molecule has 0 aliphatic heterocycles. The van der Waals surface area contributed by atoms with Gasteiger partial charge in [-0.15, -0.1) is 0 Å². The minimum absolute atomic E-state index is 0.121. The molecule has 0 radical (unpaired) electrons. The quantitative estimate of drug-likeness (QED) is 0.293. The standard InChI is InChI=1S/C24H24N4O2S2/c1-4-28-23(30)22-21(20(27-32-22)17-8-6-5-7-9-17)26-24(28)31-14-19(29)25-18-12-10-16(11-13-18)15(2)3/h5-13,15H,4,14H2,1-3H3,(H,25,29). The van der Waals surface area contributed by atoms with E-state index >= 15 is 0 Å². The minimum Gasteiger partial charge on any atom is -0.325 e. The summed E-state index contributed by atoms with van der Waals surface area (Å²) in [5, 5.41) is 3.44. The second kappa shape index (κ2) is 9.67. The van der Waals surface area contributed by atoms with E-state index in [-0.39, 0.29) is 17.2 Å². The van der Waals surface area contributed by atoms with E-state index in [4.69, 9.17) is 4.98 Å². The third-order valence-corrected chi connectivity index (χ3v) is 6.90. The third-order valence-electron chi connectivity index (χ3n) is 5.10. The summed E-state index contributed by atoms with van der Waals surface area (Å²) in [6.07, 6.45) is 0. The summed E-state index contributed by atoms with van der Waals surface area (Å²) < 4.78 is 6.62. The number of nitrogens with one attached hydrogen (secondary N) is 1.